The van der Waals surface area contributed by atoms with Crippen molar-refractivity contribution >= 4 is 11.6 Å². The predicted molar refractivity (Wildman–Crippen MR) is 75.9 cm³/mol. The van der Waals surface area contributed by atoms with Crippen LogP contribution in [0.4, 0.5) is 5.69 Å². The highest BCUT2D eigenvalue weighted by Crippen LogP contribution is 2.29. The first kappa shape index (κ1) is 15.3. The highest BCUT2D eigenvalue weighted by molar-refractivity contribution is 5.94. The van der Waals surface area contributed by atoms with Gasteiger partial charge in [-0.15, -0.1) is 0 Å². The van der Waals surface area contributed by atoms with Gasteiger partial charge in [0.1, 0.15) is 11.5 Å². The number of methoxy groups -OCH3 is 2. The number of benzene rings is 1. The summed E-state index contributed by atoms with van der Waals surface area (Å²) in [5.74, 6) is 1.13. The van der Waals surface area contributed by atoms with E-state index in [1.54, 1.807) is 32.4 Å². The molecule has 5 heteroatoms. The van der Waals surface area contributed by atoms with Gasteiger partial charge in [0.15, 0.2) is 0 Å². The molecule has 0 radical (unpaired) electrons. The van der Waals surface area contributed by atoms with Crippen molar-refractivity contribution in [2.45, 2.75) is 13.8 Å². The maximum absolute atomic E-state index is 12.0. The zero-order valence-electron chi connectivity index (χ0n) is 11.9. The van der Waals surface area contributed by atoms with Crippen LogP contribution in [0.3, 0.4) is 0 Å². The fraction of sp³-hybridized carbons (Fsp3) is 0.500. The van der Waals surface area contributed by atoms with E-state index in [1.165, 1.54) is 0 Å². The number of carbonyl (C=O) groups is 1. The van der Waals surface area contributed by atoms with Gasteiger partial charge in [0.05, 0.1) is 19.9 Å². The number of hydrogen-bond donors (Lipinski definition) is 2. The third kappa shape index (κ3) is 4.44. The molecule has 0 aliphatic carbocycles. The lowest BCUT2D eigenvalue weighted by Crippen LogP contribution is -2.30. The number of nitrogens with one attached hydrogen (secondary N) is 2. The first-order chi connectivity index (χ1) is 9.12. The van der Waals surface area contributed by atoms with Crippen molar-refractivity contribution in [3.63, 3.8) is 0 Å². The molecule has 1 amide bonds. The summed E-state index contributed by atoms with van der Waals surface area (Å²) in [5, 5.41) is 6.01. The van der Waals surface area contributed by atoms with Gasteiger partial charge in [-0.2, -0.15) is 0 Å². The molecule has 0 aromatic heterocycles. The molecule has 0 aliphatic heterocycles. The smallest absolute Gasteiger partial charge is 0.228 e. The maximum Gasteiger partial charge on any atom is 0.228 e. The second kappa shape index (κ2) is 7.63. The van der Waals surface area contributed by atoms with E-state index in [1.807, 2.05) is 13.8 Å². The summed E-state index contributed by atoms with van der Waals surface area (Å²) in [5.41, 5.74) is 0.621. The number of hydrogen-bond acceptors (Lipinski definition) is 4. The molecule has 0 saturated heterocycles. The number of carbonyl (C=O) groups excluding carboxylic acids is 1. The summed E-state index contributed by atoms with van der Waals surface area (Å²) in [6, 6.07) is 5.30. The van der Waals surface area contributed by atoms with Gasteiger partial charge in [-0.1, -0.05) is 13.8 Å². The van der Waals surface area contributed by atoms with Crippen LogP contribution in [0, 0.1) is 5.92 Å². The van der Waals surface area contributed by atoms with Crippen LogP contribution in [-0.2, 0) is 4.79 Å². The third-order valence-electron chi connectivity index (χ3n) is 2.81. The highest BCUT2D eigenvalue weighted by atomic mass is 16.5. The minimum Gasteiger partial charge on any atom is -0.497 e. The summed E-state index contributed by atoms with van der Waals surface area (Å²) in [6.07, 6.45) is 0. The van der Waals surface area contributed by atoms with Crippen LogP contribution in [-0.4, -0.2) is 33.2 Å². The van der Waals surface area contributed by atoms with Crippen LogP contribution in [0.15, 0.2) is 18.2 Å². The lowest BCUT2D eigenvalue weighted by Gasteiger charge is -2.15. The Bertz CT molecular complexity index is 421. The summed E-state index contributed by atoms with van der Waals surface area (Å²) in [4.78, 5) is 12.0. The second-order valence-electron chi connectivity index (χ2n) is 4.26. The fourth-order valence-electron chi connectivity index (χ4n) is 1.62. The monoisotopic (exact) mass is 266 g/mol. The topological polar surface area (TPSA) is 59.6 Å². The van der Waals surface area contributed by atoms with Gasteiger partial charge < -0.3 is 20.1 Å². The van der Waals surface area contributed by atoms with Crippen LogP contribution < -0.4 is 20.1 Å². The largest absolute Gasteiger partial charge is 0.497 e. The van der Waals surface area contributed by atoms with Crippen LogP contribution in [0.5, 0.6) is 11.5 Å². The van der Waals surface area contributed by atoms with E-state index in [9.17, 15) is 4.79 Å². The minimum absolute atomic E-state index is 0.0486. The number of ether oxygens (including phenoxy) is 2. The molecular weight excluding hydrogens is 244 g/mol. The predicted octanol–water partition coefficient (Wildman–Crippen LogP) is 1.89. The van der Waals surface area contributed by atoms with E-state index in [-0.39, 0.29) is 11.8 Å². The minimum atomic E-state index is -0.115. The van der Waals surface area contributed by atoms with Crippen LogP contribution in [0.1, 0.15) is 13.8 Å². The SMILES string of the molecule is CCNCC(C)C(=O)Nc1cc(OC)ccc1OC. The Hall–Kier alpha value is -1.75. The van der Waals surface area contributed by atoms with Crippen molar-refractivity contribution in [1.29, 1.82) is 0 Å². The quantitative estimate of drug-likeness (QED) is 0.791. The molecule has 0 heterocycles. The van der Waals surface area contributed by atoms with Crippen molar-refractivity contribution in [1.82, 2.24) is 5.32 Å². The zero-order chi connectivity index (χ0) is 14.3. The summed E-state index contributed by atoms with van der Waals surface area (Å²) >= 11 is 0. The molecule has 1 aromatic carbocycles. The summed E-state index contributed by atoms with van der Waals surface area (Å²) in [6.45, 7) is 5.38. The Morgan fingerprint density at radius 1 is 1.32 bits per heavy atom. The lowest BCUT2D eigenvalue weighted by molar-refractivity contribution is -0.119. The van der Waals surface area contributed by atoms with Crippen molar-refractivity contribution < 1.29 is 14.3 Å². The lowest BCUT2D eigenvalue weighted by atomic mass is 10.1. The van der Waals surface area contributed by atoms with E-state index in [0.29, 0.717) is 23.7 Å². The van der Waals surface area contributed by atoms with Gasteiger partial charge >= 0.3 is 0 Å². The van der Waals surface area contributed by atoms with Gasteiger partial charge in [0.2, 0.25) is 5.91 Å². The van der Waals surface area contributed by atoms with Crippen LogP contribution in [0.25, 0.3) is 0 Å². The Morgan fingerprint density at radius 2 is 2.05 bits per heavy atom. The molecule has 1 unspecified atom stereocenters. The third-order valence-corrected chi connectivity index (χ3v) is 2.81. The van der Waals surface area contributed by atoms with Crippen molar-refractivity contribution in [3.8, 4) is 11.5 Å². The summed E-state index contributed by atoms with van der Waals surface area (Å²) in [7, 11) is 3.15. The van der Waals surface area contributed by atoms with Gasteiger partial charge in [-0.3, -0.25) is 4.79 Å². The average molecular weight is 266 g/mol. The molecule has 1 atom stereocenters. The molecule has 0 saturated carbocycles. The van der Waals surface area contributed by atoms with E-state index >= 15 is 0 Å². The highest BCUT2D eigenvalue weighted by Gasteiger charge is 2.15. The van der Waals surface area contributed by atoms with Crippen molar-refractivity contribution in [2.75, 3.05) is 32.6 Å². The molecule has 0 bridgehead atoms. The summed E-state index contributed by atoms with van der Waals surface area (Å²) < 4.78 is 10.4. The molecule has 106 valence electrons. The molecule has 1 rings (SSSR count). The Balaban J connectivity index is 2.76. The molecular formula is C14H22N2O3. The van der Waals surface area contributed by atoms with E-state index in [0.717, 1.165) is 6.54 Å². The Kier molecular flexibility index (Phi) is 6.15. The van der Waals surface area contributed by atoms with Crippen molar-refractivity contribution in [3.05, 3.63) is 18.2 Å². The molecule has 0 spiro atoms. The van der Waals surface area contributed by atoms with Gasteiger partial charge in [-0.25, -0.2) is 0 Å². The van der Waals surface area contributed by atoms with Crippen LogP contribution >= 0.6 is 0 Å². The maximum atomic E-state index is 12.0. The number of amides is 1. The van der Waals surface area contributed by atoms with E-state index < -0.39 is 0 Å². The zero-order valence-corrected chi connectivity index (χ0v) is 11.9. The fourth-order valence-corrected chi connectivity index (χ4v) is 1.62. The van der Waals surface area contributed by atoms with Gasteiger partial charge in [-0.05, 0) is 18.7 Å². The first-order valence-electron chi connectivity index (χ1n) is 6.36. The molecule has 2 N–H and O–H groups in total. The second-order valence-corrected chi connectivity index (χ2v) is 4.26. The molecule has 0 aliphatic rings. The van der Waals surface area contributed by atoms with Crippen LogP contribution in [0.2, 0.25) is 0 Å². The van der Waals surface area contributed by atoms with Crippen molar-refractivity contribution in [2.24, 2.45) is 5.92 Å². The molecule has 5 nitrogen and oxygen atoms in total. The number of rotatable bonds is 7. The van der Waals surface area contributed by atoms with E-state index in [2.05, 4.69) is 10.6 Å². The van der Waals surface area contributed by atoms with Gasteiger partial charge in [0.25, 0.3) is 0 Å². The molecule has 19 heavy (non-hydrogen) atoms. The standard InChI is InChI=1S/C14H22N2O3/c1-5-15-9-10(2)14(17)16-12-8-11(18-3)6-7-13(12)19-4/h6-8,10,15H,5,9H2,1-4H3,(H,16,17). The first-order valence-corrected chi connectivity index (χ1v) is 6.36. The number of anilines is 1. The Morgan fingerprint density at radius 3 is 2.63 bits per heavy atom. The van der Waals surface area contributed by atoms with Gasteiger partial charge in [0, 0.05) is 18.5 Å². The van der Waals surface area contributed by atoms with E-state index in [4.69, 9.17) is 9.47 Å². The molecule has 0 fully saturated rings. The molecule has 1 aromatic rings. The average Bonchev–Trinajstić information content (AvgIpc) is 2.44. The normalized spacial score (nSPS) is 11.8. The Labute approximate surface area is 114 Å².